The van der Waals surface area contributed by atoms with Crippen molar-refractivity contribution in [1.29, 1.82) is 0 Å². The van der Waals surface area contributed by atoms with Crippen LogP contribution in [-0.4, -0.2) is 16.7 Å². The third-order valence-electron chi connectivity index (χ3n) is 4.20. The summed E-state index contributed by atoms with van der Waals surface area (Å²) in [6.45, 7) is 1.88. The molecule has 1 atom stereocenters. The van der Waals surface area contributed by atoms with Gasteiger partial charge < -0.3 is 10.3 Å². The van der Waals surface area contributed by atoms with Crippen LogP contribution in [0, 0.1) is 5.92 Å². The van der Waals surface area contributed by atoms with Gasteiger partial charge in [0.2, 0.25) is 0 Å². The molecule has 1 amide bonds. The van der Waals surface area contributed by atoms with Crippen LogP contribution in [0.25, 0.3) is 0 Å². The molecule has 0 spiro atoms. The quantitative estimate of drug-likeness (QED) is 0.857. The van der Waals surface area contributed by atoms with Gasteiger partial charge in [0, 0.05) is 23.4 Å². The number of carbonyl (C=O) groups excluding carboxylic acids is 2. The molecule has 2 aromatic rings. The number of halogens is 3. The molecular formula is C18H15F3N2O3. The Kier molecular flexibility index (Phi) is 4.43. The first-order valence-electron chi connectivity index (χ1n) is 7.93. The summed E-state index contributed by atoms with van der Waals surface area (Å²) in [7, 11) is 0. The lowest BCUT2D eigenvalue weighted by atomic mass is 9.86. The fraction of sp³-hybridized carbons (Fsp3) is 0.278. The first kappa shape index (κ1) is 17.9. The minimum atomic E-state index is -4.55. The average molecular weight is 364 g/mol. The highest BCUT2D eigenvalue weighted by Gasteiger charge is 2.31. The van der Waals surface area contributed by atoms with E-state index in [4.69, 9.17) is 0 Å². The summed E-state index contributed by atoms with van der Waals surface area (Å²) >= 11 is 0. The van der Waals surface area contributed by atoms with Crippen LogP contribution in [0.4, 0.5) is 18.9 Å². The van der Waals surface area contributed by atoms with E-state index in [0.717, 1.165) is 18.2 Å². The molecule has 1 aromatic carbocycles. The minimum Gasteiger partial charge on any atom is -0.325 e. The second kappa shape index (κ2) is 6.44. The maximum atomic E-state index is 12.8. The van der Waals surface area contributed by atoms with Crippen molar-refractivity contribution < 1.29 is 22.8 Å². The van der Waals surface area contributed by atoms with Gasteiger partial charge in [-0.1, -0.05) is 13.0 Å². The summed E-state index contributed by atoms with van der Waals surface area (Å²) < 4.78 is 38.3. The zero-order valence-electron chi connectivity index (χ0n) is 13.7. The lowest BCUT2D eigenvalue weighted by Gasteiger charge is -2.20. The maximum absolute atomic E-state index is 12.8. The number of amides is 1. The van der Waals surface area contributed by atoms with Crippen molar-refractivity contribution in [3.05, 3.63) is 63.1 Å². The normalized spacial score (nSPS) is 16.9. The van der Waals surface area contributed by atoms with Crippen LogP contribution in [0.5, 0.6) is 0 Å². The number of H-pyrrole nitrogens is 1. The second-order valence-corrected chi connectivity index (χ2v) is 6.37. The van der Waals surface area contributed by atoms with E-state index in [1.807, 2.05) is 6.92 Å². The summed E-state index contributed by atoms with van der Waals surface area (Å²) in [5.41, 5.74) is -1.26. The van der Waals surface area contributed by atoms with Crippen LogP contribution in [0.15, 0.2) is 35.1 Å². The lowest BCUT2D eigenvalue weighted by Crippen LogP contribution is -2.29. The first-order chi connectivity index (χ1) is 12.1. The number of aromatic nitrogens is 1. The van der Waals surface area contributed by atoms with Crippen LogP contribution in [-0.2, 0) is 12.6 Å². The Morgan fingerprint density at radius 2 is 1.92 bits per heavy atom. The Labute approximate surface area is 146 Å². The molecule has 0 saturated carbocycles. The van der Waals surface area contributed by atoms with Crippen molar-refractivity contribution in [2.75, 3.05) is 5.32 Å². The van der Waals surface area contributed by atoms with Gasteiger partial charge in [0.05, 0.1) is 5.56 Å². The molecule has 1 heterocycles. The molecule has 2 N–H and O–H groups in total. The summed E-state index contributed by atoms with van der Waals surface area (Å²) in [6, 6.07) is 5.30. The highest BCUT2D eigenvalue weighted by atomic mass is 19.4. The fourth-order valence-corrected chi connectivity index (χ4v) is 2.97. The standard InChI is InChI=1S/C18H15F3N2O3/c1-9-5-14-12(15(24)6-9)8-13(17(26)23-14)16(25)22-11-4-2-3-10(7-11)18(19,20)21/h2-4,7-9H,5-6H2,1H3,(H,22,25)(H,23,26)/t9-/m0/s1. The number of carbonyl (C=O) groups is 2. The van der Waals surface area contributed by atoms with Gasteiger partial charge in [-0.05, 0) is 36.6 Å². The third kappa shape index (κ3) is 3.54. The molecule has 0 aliphatic heterocycles. The van der Waals surface area contributed by atoms with Crippen molar-refractivity contribution >= 4 is 17.4 Å². The topological polar surface area (TPSA) is 79.0 Å². The smallest absolute Gasteiger partial charge is 0.325 e. The van der Waals surface area contributed by atoms with E-state index >= 15 is 0 Å². The van der Waals surface area contributed by atoms with Crippen molar-refractivity contribution in [1.82, 2.24) is 4.98 Å². The molecule has 1 aliphatic carbocycles. The molecular weight excluding hydrogens is 349 g/mol. The van der Waals surface area contributed by atoms with Crippen molar-refractivity contribution in [2.45, 2.75) is 25.9 Å². The average Bonchev–Trinajstić information content (AvgIpc) is 2.53. The number of hydrogen-bond donors (Lipinski definition) is 2. The van der Waals surface area contributed by atoms with Crippen molar-refractivity contribution in [3.8, 4) is 0 Å². The summed E-state index contributed by atoms with van der Waals surface area (Å²) in [5.74, 6) is -0.960. The number of Topliss-reactive ketones (excluding diaryl/α,β-unsaturated/α-hetero) is 1. The van der Waals surface area contributed by atoms with Crippen molar-refractivity contribution in [2.24, 2.45) is 5.92 Å². The number of ketones is 1. The minimum absolute atomic E-state index is 0.0930. The molecule has 5 nitrogen and oxygen atoms in total. The van der Waals surface area contributed by atoms with E-state index in [9.17, 15) is 27.6 Å². The van der Waals surface area contributed by atoms with Crippen molar-refractivity contribution in [3.63, 3.8) is 0 Å². The van der Waals surface area contributed by atoms with E-state index < -0.39 is 23.2 Å². The number of nitrogens with one attached hydrogen (secondary N) is 2. The second-order valence-electron chi connectivity index (χ2n) is 6.37. The molecule has 1 aliphatic rings. The highest BCUT2D eigenvalue weighted by molar-refractivity contribution is 6.06. The molecule has 136 valence electrons. The number of hydrogen-bond acceptors (Lipinski definition) is 3. The van der Waals surface area contributed by atoms with E-state index in [1.165, 1.54) is 12.1 Å². The molecule has 0 radical (unpaired) electrons. The van der Waals surface area contributed by atoms with Gasteiger partial charge in [-0.2, -0.15) is 13.2 Å². The Balaban J connectivity index is 1.91. The Bertz CT molecular complexity index is 947. The monoisotopic (exact) mass is 364 g/mol. The molecule has 26 heavy (non-hydrogen) atoms. The Hall–Kier alpha value is -2.90. The molecule has 8 heteroatoms. The van der Waals surface area contributed by atoms with Gasteiger partial charge in [-0.15, -0.1) is 0 Å². The molecule has 0 bridgehead atoms. The predicted octanol–water partition coefficient (Wildman–Crippen LogP) is 3.41. The van der Waals surface area contributed by atoms with Gasteiger partial charge in [0.15, 0.2) is 5.78 Å². The molecule has 3 rings (SSSR count). The zero-order chi connectivity index (χ0) is 19.1. The van der Waals surface area contributed by atoms with Crippen LogP contribution in [0.3, 0.4) is 0 Å². The van der Waals surface area contributed by atoms with E-state index in [1.54, 1.807) is 0 Å². The number of aromatic amines is 1. The number of benzene rings is 1. The highest BCUT2D eigenvalue weighted by Crippen LogP contribution is 2.30. The first-order valence-corrected chi connectivity index (χ1v) is 7.93. The maximum Gasteiger partial charge on any atom is 0.416 e. The number of alkyl halides is 3. The summed E-state index contributed by atoms with van der Waals surface area (Å²) in [4.78, 5) is 39.1. The van der Waals surface area contributed by atoms with Gasteiger partial charge in [-0.25, -0.2) is 0 Å². The zero-order valence-corrected chi connectivity index (χ0v) is 13.7. The van der Waals surface area contributed by atoms with E-state index in [-0.39, 0.29) is 28.5 Å². The number of anilines is 1. The number of rotatable bonds is 2. The van der Waals surface area contributed by atoms with Gasteiger partial charge in [0.1, 0.15) is 5.56 Å². The third-order valence-corrected chi connectivity index (χ3v) is 4.20. The van der Waals surface area contributed by atoms with Crippen LogP contribution in [0.2, 0.25) is 0 Å². The Morgan fingerprint density at radius 1 is 1.19 bits per heavy atom. The van der Waals surface area contributed by atoms with Crippen LogP contribution < -0.4 is 10.9 Å². The number of fused-ring (bicyclic) bond motifs is 1. The van der Waals surface area contributed by atoms with Crippen LogP contribution >= 0.6 is 0 Å². The van der Waals surface area contributed by atoms with Gasteiger partial charge in [-0.3, -0.25) is 14.4 Å². The molecule has 0 saturated heterocycles. The molecule has 0 unspecified atom stereocenters. The van der Waals surface area contributed by atoms with E-state index in [0.29, 0.717) is 18.5 Å². The van der Waals surface area contributed by atoms with Gasteiger partial charge >= 0.3 is 6.18 Å². The summed E-state index contributed by atoms with van der Waals surface area (Å²) in [6.07, 6.45) is -3.72. The molecule has 0 fully saturated rings. The number of pyridine rings is 1. The summed E-state index contributed by atoms with van der Waals surface area (Å²) in [5, 5.41) is 2.27. The SMILES string of the molecule is C[C@@H]1CC(=O)c2cc(C(=O)Nc3cccc(C(F)(F)F)c3)c(=O)[nH]c2C1. The largest absolute Gasteiger partial charge is 0.416 e. The lowest BCUT2D eigenvalue weighted by molar-refractivity contribution is -0.137. The van der Waals surface area contributed by atoms with Gasteiger partial charge in [0.25, 0.3) is 11.5 Å². The Morgan fingerprint density at radius 3 is 2.62 bits per heavy atom. The fourth-order valence-electron chi connectivity index (χ4n) is 2.97. The van der Waals surface area contributed by atoms with Crippen LogP contribution in [0.1, 0.15) is 45.3 Å². The van der Waals surface area contributed by atoms with E-state index in [2.05, 4.69) is 10.3 Å². The predicted molar refractivity (Wildman–Crippen MR) is 88.3 cm³/mol. The molecule has 1 aromatic heterocycles.